The molecule has 4 rings (SSSR count). The Hall–Kier alpha value is -4.14. The van der Waals surface area contributed by atoms with Crippen LogP contribution in [0.3, 0.4) is 0 Å². The number of aromatic nitrogens is 3. The number of halogens is 3. The van der Waals surface area contributed by atoms with E-state index in [-0.39, 0.29) is 35.1 Å². The molecule has 0 aliphatic carbocycles. The third kappa shape index (κ3) is 6.40. The molecule has 0 aliphatic heterocycles. The van der Waals surface area contributed by atoms with Gasteiger partial charge in [-0.3, -0.25) is 4.79 Å². The molecule has 1 unspecified atom stereocenters. The molecule has 4 aromatic rings. The molecule has 0 spiro atoms. The second-order valence-electron chi connectivity index (χ2n) is 9.32. The van der Waals surface area contributed by atoms with Crippen molar-refractivity contribution in [1.29, 1.82) is 0 Å². The predicted octanol–water partition coefficient (Wildman–Crippen LogP) is 7.12. The highest BCUT2D eigenvalue weighted by atomic mass is 19.4. The van der Waals surface area contributed by atoms with Crippen LogP contribution >= 0.6 is 0 Å². The summed E-state index contributed by atoms with van der Waals surface area (Å²) in [7, 11) is 0. The van der Waals surface area contributed by atoms with Gasteiger partial charge in [-0.25, -0.2) is 4.68 Å². The summed E-state index contributed by atoms with van der Waals surface area (Å²) in [6.45, 7) is 6.26. The van der Waals surface area contributed by atoms with Crippen LogP contribution in [0.1, 0.15) is 44.2 Å². The van der Waals surface area contributed by atoms with Gasteiger partial charge in [0.1, 0.15) is 0 Å². The van der Waals surface area contributed by atoms with Gasteiger partial charge in [-0.1, -0.05) is 63.2 Å². The van der Waals surface area contributed by atoms with E-state index < -0.39 is 11.7 Å². The van der Waals surface area contributed by atoms with Crippen molar-refractivity contribution in [3.63, 3.8) is 0 Å². The Kier molecular flexibility index (Phi) is 8.14. The van der Waals surface area contributed by atoms with Crippen molar-refractivity contribution in [2.45, 2.75) is 39.3 Å². The SMILES string of the molecule is CCC(C(=O)Nc1ccc(-n2nc(OCC(C)C)nc2-c2cccc(C(F)(F)F)c2)cc1)c1ccccc1. The smallest absolute Gasteiger partial charge is 0.416 e. The molecule has 1 N–H and O–H groups in total. The van der Waals surface area contributed by atoms with E-state index in [4.69, 9.17) is 4.74 Å². The number of anilines is 1. The summed E-state index contributed by atoms with van der Waals surface area (Å²) in [6, 6.07) is 21.4. The maximum Gasteiger partial charge on any atom is 0.416 e. The quantitative estimate of drug-likeness (QED) is 0.254. The first-order valence-corrected chi connectivity index (χ1v) is 12.4. The van der Waals surface area contributed by atoms with E-state index in [9.17, 15) is 18.0 Å². The number of hydrogen-bond acceptors (Lipinski definition) is 4. The van der Waals surface area contributed by atoms with E-state index in [0.717, 1.165) is 17.7 Å². The maximum absolute atomic E-state index is 13.4. The first-order valence-electron chi connectivity index (χ1n) is 12.4. The monoisotopic (exact) mass is 522 g/mol. The van der Waals surface area contributed by atoms with Gasteiger partial charge < -0.3 is 10.1 Å². The molecule has 1 atom stereocenters. The first-order chi connectivity index (χ1) is 18.2. The summed E-state index contributed by atoms with van der Waals surface area (Å²) in [5.41, 5.74) is 1.54. The number of hydrogen-bond donors (Lipinski definition) is 1. The highest BCUT2D eigenvalue weighted by Gasteiger charge is 2.31. The van der Waals surface area contributed by atoms with Crippen molar-refractivity contribution in [2.24, 2.45) is 5.92 Å². The number of amides is 1. The van der Waals surface area contributed by atoms with Crippen molar-refractivity contribution in [2.75, 3.05) is 11.9 Å². The fourth-order valence-corrected chi connectivity index (χ4v) is 3.97. The van der Waals surface area contributed by atoms with E-state index in [0.29, 0.717) is 24.4 Å². The molecule has 0 aliphatic rings. The zero-order chi connectivity index (χ0) is 27.3. The minimum atomic E-state index is -4.49. The Labute approximate surface area is 219 Å². The lowest BCUT2D eigenvalue weighted by Gasteiger charge is -2.16. The first kappa shape index (κ1) is 26.9. The Morgan fingerprint density at radius 2 is 1.71 bits per heavy atom. The Morgan fingerprint density at radius 3 is 2.34 bits per heavy atom. The molecule has 1 amide bonds. The summed E-state index contributed by atoms with van der Waals surface area (Å²) < 4.78 is 47.2. The summed E-state index contributed by atoms with van der Waals surface area (Å²) >= 11 is 0. The molecule has 198 valence electrons. The lowest BCUT2D eigenvalue weighted by molar-refractivity contribution is -0.137. The zero-order valence-corrected chi connectivity index (χ0v) is 21.4. The number of carbonyl (C=O) groups excluding carboxylic acids is 1. The molecule has 1 aromatic heterocycles. The Balaban J connectivity index is 1.63. The number of ether oxygens (including phenoxy) is 1. The average molecular weight is 523 g/mol. The van der Waals surface area contributed by atoms with Crippen molar-refractivity contribution >= 4 is 11.6 Å². The van der Waals surface area contributed by atoms with Gasteiger partial charge in [-0.15, -0.1) is 5.10 Å². The number of nitrogens with zero attached hydrogens (tertiary/aromatic N) is 3. The molecule has 0 saturated heterocycles. The minimum Gasteiger partial charge on any atom is -0.462 e. The van der Waals surface area contributed by atoms with Crippen molar-refractivity contribution in [3.05, 3.63) is 90.0 Å². The third-order valence-corrected chi connectivity index (χ3v) is 5.89. The van der Waals surface area contributed by atoms with Crippen molar-refractivity contribution in [3.8, 4) is 23.1 Å². The van der Waals surface area contributed by atoms with Crippen LogP contribution in [0.25, 0.3) is 17.1 Å². The Bertz CT molecular complexity index is 1370. The highest BCUT2D eigenvalue weighted by molar-refractivity contribution is 5.95. The largest absolute Gasteiger partial charge is 0.462 e. The summed E-state index contributed by atoms with van der Waals surface area (Å²) in [6.07, 6.45) is -3.85. The highest BCUT2D eigenvalue weighted by Crippen LogP contribution is 2.33. The van der Waals surface area contributed by atoms with Crippen LogP contribution in [0.15, 0.2) is 78.9 Å². The van der Waals surface area contributed by atoms with E-state index in [1.54, 1.807) is 30.3 Å². The second-order valence-corrected chi connectivity index (χ2v) is 9.32. The molecule has 0 fully saturated rings. The van der Waals surface area contributed by atoms with Crippen molar-refractivity contribution < 1.29 is 22.7 Å². The molecular formula is C29H29F3N4O2. The molecule has 3 aromatic carbocycles. The molecule has 0 radical (unpaired) electrons. The number of alkyl halides is 3. The van der Waals surface area contributed by atoms with Gasteiger partial charge in [0.15, 0.2) is 5.82 Å². The van der Waals surface area contributed by atoms with Gasteiger partial charge in [0, 0.05) is 11.3 Å². The van der Waals surface area contributed by atoms with E-state index >= 15 is 0 Å². The van der Waals surface area contributed by atoms with Crippen LogP contribution in [0, 0.1) is 5.92 Å². The van der Waals surface area contributed by atoms with Gasteiger partial charge >= 0.3 is 12.2 Å². The van der Waals surface area contributed by atoms with E-state index in [1.807, 2.05) is 51.1 Å². The van der Waals surface area contributed by atoms with Crippen LogP contribution < -0.4 is 10.1 Å². The fourth-order valence-electron chi connectivity index (χ4n) is 3.97. The lowest BCUT2D eigenvalue weighted by Crippen LogP contribution is -2.20. The van der Waals surface area contributed by atoms with Gasteiger partial charge in [-0.05, 0) is 54.3 Å². The molecular weight excluding hydrogens is 493 g/mol. The van der Waals surface area contributed by atoms with Gasteiger partial charge in [0.05, 0.1) is 23.8 Å². The molecule has 6 nitrogen and oxygen atoms in total. The third-order valence-electron chi connectivity index (χ3n) is 5.89. The lowest BCUT2D eigenvalue weighted by atomic mass is 9.95. The van der Waals surface area contributed by atoms with Crippen LogP contribution in [0.4, 0.5) is 18.9 Å². The van der Waals surface area contributed by atoms with E-state index in [2.05, 4.69) is 15.4 Å². The normalized spacial score (nSPS) is 12.4. The summed E-state index contributed by atoms with van der Waals surface area (Å²) in [5.74, 6) is 0.00653. The Morgan fingerprint density at radius 1 is 1.00 bits per heavy atom. The van der Waals surface area contributed by atoms with Gasteiger partial charge in [0.2, 0.25) is 5.91 Å². The maximum atomic E-state index is 13.4. The second kappa shape index (κ2) is 11.5. The topological polar surface area (TPSA) is 69.0 Å². The van der Waals surface area contributed by atoms with Crippen molar-refractivity contribution in [1.82, 2.24) is 14.8 Å². The molecule has 0 bridgehead atoms. The summed E-state index contributed by atoms with van der Waals surface area (Å²) in [4.78, 5) is 17.3. The number of rotatable bonds is 9. The predicted molar refractivity (Wildman–Crippen MR) is 140 cm³/mol. The number of carbonyl (C=O) groups is 1. The van der Waals surface area contributed by atoms with Crippen LogP contribution in [-0.4, -0.2) is 27.3 Å². The molecule has 0 saturated carbocycles. The molecule has 9 heteroatoms. The number of nitrogens with one attached hydrogen (secondary N) is 1. The van der Waals surface area contributed by atoms with Gasteiger partial charge in [-0.2, -0.15) is 18.2 Å². The van der Waals surface area contributed by atoms with E-state index in [1.165, 1.54) is 10.7 Å². The fraction of sp³-hybridized carbons (Fsp3) is 0.276. The number of benzene rings is 3. The average Bonchev–Trinajstić information content (AvgIpc) is 3.33. The zero-order valence-electron chi connectivity index (χ0n) is 21.4. The molecule has 1 heterocycles. The van der Waals surface area contributed by atoms with Crippen LogP contribution in [0.2, 0.25) is 0 Å². The van der Waals surface area contributed by atoms with Gasteiger partial charge in [0.25, 0.3) is 0 Å². The molecule has 38 heavy (non-hydrogen) atoms. The van der Waals surface area contributed by atoms with Crippen LogP contribution in [-0.2, 0) is 11.0 Å². The van der Waals surface area contributed by atoms with Crippen LogP contribution in [0.5, 0.6) is 6.01 Å². The minimum absolute atomic E-state index is 0.0668. The summed E-state index contributed by atoms with van der Waals surface area (Å²) in [5, 5.41) is 7.35. The standard InChI is InChI=1S/C29H29F3N4O2/c1-4-25(20-9-6-5-7-10-20)27(37)33-23-13-15-24(16-14-23)36-26(34-28(35-36)38-18-19(2)3)21-11-8-12-22(17-21)29(30,31)32/h5-17,19,25H,4,18H2,1-3H3,(H,33,37).